The Morgan fingerprint density at radius 1 is 1.00 bits per heavy atom. The number of nitrogens with zero attached hydrogens (tertiary/aromatic N) is 4. The molecule has 0 bridgehead atoms. The molecule has 1 aliphatic carbocycles. The molecule has 1 fully saturated rings. The van der Waals surface area contributed by atoms with Gasteiger partial charge in [0.15, 0.2) is 0 Å². The number of aromatic nitrogens is 4. The third-order valence-electron chi connectivity index (χ3n) is 4.51. The van der Waals surface area contributed by atoms with Crippen molar-refractivity contribution in [2.45, 2.75) is 37.8 Å². The summed E-state index contributed by atoms with van der Waals surface area (Å²) in [5.41, 5.74) is 8.00. The SMILES string of the molecule is Nc1cc(OC2CCC(Nc3cc(F)ncn3)CC2)c2nccnc2c1. The van der Waals surface area contributed by atoms with E-state index in [4.69, 9.17) is 10.5 Å². The zero-order valence-corrected chi connectivity index (χ0v) is 14.1. The van der Waals surface area contributed by atoms with Gasteiger partial charge in [-0.1, -0.05) is 0 Å². The normalized spacial score (nSPS) is 20.0. The lowest BCUT2D eigenvalue weighted by molar-refractivity contribution is 0.152. The molecule has 0 atom stereocenters. The lowest BCUT2D eigenvalue weighted by Crippen LogP contribution is -2.31. The Morgan fingerprint density at radius 3 is 2.62 bits per heavy atom. The van der Waals surface area contributed by atoms with Crippen molar-refractivity contribution in [2.24, 2.45) is 0 Å². The minimum atomic E-state index is -0.533. The quantitative estimate of drug-likeness (QED) is 0.549. The van der Waals surface area contributed by atoms with Gasteiger partial charge in [-0.3, -0.25) is 4.98 Å². The summed E-state index contributed by atoms with van der Waals surface area (Å²) >= 11 is 0. The second kappa shape index (κ2) is 7.07. The lowest BCUT2D eigenvalue weighted by Gasteiger charge is -2.30. The van der Waals surface area contributed by atoms with Gasteiger partial charge in [0.05, 0.1) is 11.6 Å². The van der Waals surface area contributed by atoms with Gasteiger partial charge in [0.25, 0.3) is 0 Å². The maximum atomic E-state index is 13.2. The molecule has 4 rings (SSSR count). The minimum Gasteiger partial charge on any atom is -0.488 e. The van der Waals surface area contributed by atoms with Crippen LogP contribution in [0.4, 0.5) is 15.9 Å². The molecular weight excluding hydrogens is 335 g/mol. The van der Waals surface area contributed by atoms with Crippen LogP contribution in [0.25, 0.3) is 11.0 Å². The molecule has 134 valence electrons. The number of nitrogens with one attached hydrogen (secondary N) is 1. The molecule has 26 heavy (non-hydrogen) atoms. The zero-order chi connectivity index (χ0) is 17.9. The largest absolute Gasteiger partial charge is 0.488 e. The Bertz CT molecular complexity index is 913. The molecule has 3 aromatic rings. The van der Waals surface area contributed by atoms with E-state index in [1.165, 1.54) is 12.4 Å². The van der Waals surface area contributed by atoms with Crippen molar-refractivity contribution in [2.75, 3.05) is 11.1 Å². The van der Waals surface area contributed by atoms with Gasteiger partial charge >= 0.3 is 0 Å². The standard InChI is InChI=1S/C18H19FN6O/c19-16-9-17(24-10-23-16)25-12-1-3-13(4-2-12)26-15-8-11(20)7-14-18(15)22-6-5-21-14/h5-10,12-13H,1-4,20H2,(H,23,24,25). The summed E-state index contributed by atoms with van der Waals surface area (Å²) in [7, 11) is 0. The first kappa shape index (κ1) is 16.4. The van der Waals surface area contributed by atoms with Crippen molar-refractivity contribution < 1.29 is 9.13 Å². The Kier molecular flexibility index (Phi) is 4.47. The van der Waals surface area contributed by atoms with Crippen LogP contribution in [-0.2, 0) is 0 Å². The van der Waals surface area contributed by atoms with E-state index in [2.05, 4.69) is 25.3 Å². The van der Waals surface area contributed by atoms with Crippen LogP contribution in [0.2, 0.25) is 0 Å². The van der Waals surface area contributed by atoms with Crippen molar-refractivity contribution in [3.05, 3.63) is 42.9 Å². The van der Waals surface area contributed by atoms with Crippen LogP contribution in [0, 0.1) is 5.95 Å². The van der Waals surface area contributed by atoms with Crippen LogP contribution in [0.3, 0.4) is 0 Å². The van der Waals surface area contributed by atoms with Crippen molar-refractivity contribution in [1.29, 1.82) is 0 Å². The summed E-state index contributed by atoms with van der Waals surface area (Å²) in [4.78, 5) is 16.2. The zero-order valence-electron chi connectivity index (χ0n) is 14.1. The van der Waals surface area contributed by atoms with E-state index >= 15 is 0 Å². The highest BCUT2D eigenvalue weighted by atomic mass is 19.1. The van der Waals surface area contributed by atoms with Crippen molar-refractivity contribution >= 4 is 22.5 Å². The molecular formula is C18H19FN6O. The van der Waals surface area contributed by atoms with E-state index in [0.29, 0.717) is 17.3 Å². The summed E-state index contributed by atoms with van der Waals surface area (Å²) < 4.78 is 19.3. The predicted molar refractivity (Wildman–Crippen MR) is 96.2 cm³/mol. The van der Waals surface area contributed by atoms with Crippen LogP contribution >= 0.6 is 0 Å². The third kappa shape index (κ3) is 3.63. The number of benzene rings is 1. The molecule has 7 nitrogen and oxygen atoms in total. The highest BCUT2D eigenvalue weighted by Gasteiger charge is 2.23. The van der Waals surface area contributed by atoms with Crippen LogP contribution in [0.1, 0.15) is 25.7 Å². The molecule has 3 N–H and O–H groups in total. The molecule has 1 aromatic carbocycles. The number of anilines is 2. The smallest absolute Gasteiger partial charge is 0.217 e. The van der Waals surface area contributed by atoms with Gasteiger partial charge in [-0.2, -0.15) is 4.39 Å². The first-order valence-corrected chi connectivity index (χ1v) is 8.58. The fraction of sp³-hybridized carbons (Fsp3) is 0.333. The molecule has 0 unspecified atom stereocenters. The Balaban J connectivity index is 1.40. The van der Waals surface area contributed by atoms with E-state index in [-0.39, 0.29) is 12.1 Å². The monoisotopic (exact) mass is 354 g/mol. The van der Waals surface area contributed by atoms with E-state index < -0.39 is 5.95 Å². The Labute approximate surface area is 149 Å². The van der Waals surface area contributed by atoms with Gasteiger partial charge in [-0.05, 0) is 31.7 Å². The molecule has 2 heterocycles. The first-order valence-electron chi connectivity index (χ1n) is 8.58. The number of hydrogen-bond donors (Lipinski definition) is 2. The molecule has 0 saturated heterocycles. The summed E-state index contributed by atoms with van der Waals surface area (Å²) in [6, 6.07) is 5.13. The van der Waals surface area contributed by atoms with Crippen molar-refractivity contribution in [1.82, 2.24) is 19.9 Å². The topological polar surface area (TPSA) is 98.8 Å². The van der Waals surface area contributed by atoms with E-state index in [1.54, 1.807) is 24.5 Å². The predicted octanol–water partition coefficient (Wildman–Crippen LogP) is 2.94. The van der Waals surface area contributed by atoms with Gasteiger partial charge in [-0.15, -0.1) is 0 Å². The average molecular weight is 354 g/mol. The molecule has 0 aliphatic heterocycles. The highest BCUT2D eigenvalue weighted by Crippen LogP contribution is 2.30. The van der Waals surface area contributed by atoms with Gasteiger partial charge in [0, 0.05) is 36.3 Å². The minimum absolute atomic E-state index is 0.0854. The number of fused-ring (bicyclic) bond motifs is 1. The number of rotatable bonds is 4. The summed E-state index contributed by atoms with van der Waals surface area (Å²) in [5.74, 6) is 0.649. The summed E-state index contributed by atoms with van der Waals surface area (Å²) in [6.45, 7) is 0. The first-order chi connectivity index (χ1) is 12.7. The number of nitrogen functional groups attached to an aromatic ring is 1. The van der Waals surface area contributed by atoms with Gasteiger partial charge < -0.3 is 15.8 Å². The van der Waals surface area contributed by atoms with Crippen LogP contribution < -0.4 is 15.8 Å². The van der Waals surface area contributed by atoms with Gasteiger partial charge in [-0.25, -0.2) is 15.0 Å². The number of nitrogens with two attached hydrogens (primary N) is 1. The fourth-order valence-corrected chi connectivity index (χ4v) is 3.28. The highest BCUT2D eigenvalue weighted by molar-refractivity contribution is 5.84. The molecule has 8 heteroatoms. The number of ether oxygens (including phenoxy) is 1. The van der Waals surface area contributed by atoms with Crippen molar-refractivity contribution in [3.8, 4) is 5.75 Å². The molecule has 1 aliphatic rings. The summed E-state index contributed by atoms with van der Waals surface area (Å²) in [6.07, 6.45) is 8.15. The van der Waals surface area contributed by atoms with Crippen LogP contribution in [0.5, 0.6) is 5.75 Å². The molecule has 0 spiro atoms. The summed E-state index contributed by atoms with van der Waals surface area (Å²) in [5, 5.41) is 3.26. The van der Waals surface area contributed by atoms with Crippen LogP contribution in [-0.4, -0.2) is 32.1 Å². The maximum Gasteiger partial charge on any atom is 0.217 e. The average Bonchev–Trinajstić information content (AvgIpc) is 2.63. The van der Waals surface area contributed by atoms with E-state index in [0.717, 1.165) is 36.7 Å². The molecule has 0 amide bonds. The lowest BCUT2D eigenvalue weighted by atomic mass is 9.93. The molecule has 0 radical (unpaired) electrons. The Morgan fingerprint density at radius 2 is 1.81 bits per heavy atom. The second-order valence-corrected chi connectivity index (χ2v) is 6.40. The number of halogens is 1. The second-order valence-electron chi connectivity index (χ2n) is 6.40. The third-order valence-corrected chi connectivity index (χ3v) is 4.51. The molecule has 2 aromatic heterocycles. The molecule has 1 saturated carbocycles. The van der Waals surface area contributed by atoms with Gasteiger partial charge in [0.1, 0.15) is 23.4 Å². The van der Waals surface area contributed by atoms with E-state index in [1.807, 2.05) is 0 Å². The van der Waals surface area contributed by atoms with Crippen molar-refractivity contribution in [3.63, 3.8) is 0 Å². The van der Waals surface area contributed by atoms with E-state index in [9.17, 15) is 4.39 Å². The number of hydrogen-bond acceptors (Lipinski definition) is 7. The Hall–Kier alpha value is -3.03. The fourth-order valence-electron chi connectivity index (χ4n) is 3.28. The van der Waals surface area contributed by atoms with Gasteiger partial charge in [0.2, 0.25) is 5.95 Å². The maximum absolute atomic E-state index is 13.2. The van der Waals surface area contributed by atoms with Crippen LogP contribution in [0.15, 0.2) is 36.9 Å².